The van der Waals surface area contributed by atoms with Crippen LogP contribution in [0, 0.1) is 11.6 Å². The van der Waals surface area contributed by atoms with E-state index in [1.165, 1.54) is 29.8 Å². The summed E-state index contributed by atoms with van der Waals surface area (Å²) < 4.78 is 41.3. The Bertz CT molecular complexity index is 1390. The van der Waals surface area contributed by atoms with Crippen LogP contribution in [-0.4, -0.2) is 86.6 Å². The minimum Gasteiger partial charge on any atom is -0.394 e. The highest BCUT2D eigenvalue weighted by atomic mass is 35.5. The van der Waals surface area contributed by atoms with Crippen molar-refractivity contribution >= 4 is 40.9 Å². The number of nitrogens with zero attached hydrogens (tertiary/aromatic N) is 4. The molecule has 2 aliphatic heterocycles. The van der Waals surface area contributed by atoms with Gasteiger partial charge in [0.15, 0.2) is 0 Å². The number of hydrogen-bond acceptors (Lipinski definition) is 8. The number of hydrogen-bond donors (Lipinski definition) is 2. The second kappa shape index (κ2) is 12.9. The van der Waals surface area contributed by atoms with Crippen LogP contribution in [0.15, 0.2) is 41.4 Å². The summed E-state index contributed by atoms with van der Waals surface area (Å²) in [7, 11) is 1.43. The molecule has 1 aromatic heterocycles. The predicted octanol–water partition coefficient (Wildman–Crippen LogP) is 4.58. The van der Waals surface area contributed by atoms with E-state index in [4.69, 9.17) is 32.7 Å². The van der Waals surface area contributed by atoms with E-state index in [1.807, 2.05) is 4.90 Å². The lowest BCUT2D eigenvalue weighted by Gasteiger charge is -2.43. The van der Waals surface area contributed by atoms with Crippen molar-refractivity contribution < 1.29 is 33.3 Å². The van der Waals surface area contributed by atoms with E-state index in [-0.39, 0.29) is 17.2 Å². The fourth-order valence-corrected chi connectivity index (χ4v) is 6.81. The molecule has 0 unspecified atom stereocenters. The van der Waals surface area contributed by atoms with Gasteiger partial charge in [0.1, 0.15) is 52.1 Å². The van der Waals surface area contributed by atoms with Gasteiger partial charge in [-0.1, -0.05) is 40.2 Å². The third-order valence-corrected chi connectivity index (χ3v) is 9.05. The number of amides is 1. The lowest BCUT2D eigenvalue weighted by Crippen LogP contribution is -2.55. The number of piperidine rings is 1. The highest BCUT2D eigenvalue weighted by molar-refractivity contribution is 8.00. The molecule has 2 fully saturated rings. The smallest absolute Gasteiger partial charge is 0.254 e. The van der Waals surface area contributed by atoms with Crippen LogP contribution >= 0.6 is 35.0 Å². The SMILES string of the molecule is CO[C@@H]1[C@@H](n2cc(-c3cc(F)c(Cl)c(F)c3)nn2)[C@@H](O)[C@@H](CO)O[C@@H]1Sc1cc(Cl)ccc1C(=O)N1CCCCC1. The molecule has 0 saturated carbocycles. The number of halogens is 4. The summed E-state index contributed by atoms with van der Waals surface area (Å²) in [4.78, 5) is 15.8. The van der Waals surface area contributed by atoms with E-state index in [9.17, 15) is 23.8 Å². The predicted molar refractivity (Wildman–Crippen MR) is 149 cm³/mol. The first-order valence-corrected chi connectivity index (χ1v) is 14.6. The monoisotopic (exact) mass is 628 g/mol. The molecule has 41 heavy (non-hydrogen) atoms. The van der Waals surface area contributed by atoms with Gasteiger partial charge in [0.2, 0.25) is 0 Å². The fourth-order valence-electron chi connectivity index (χ4n) is 5.13. The van der Waals surface area contributed by atoms with Crippen LogP contribution in [0.25, 0.3) is 11.3 Å². The van der Waals surface area contributed by atoms with Crippen molar-refractivity contribution in [3.8, 4) is 11.3 Å². The Labute approximate surface area is 249 Å². The number of aromatic nitrogens is 3. The van der Waals surface area contributed by atoms with Crippen molar-refractivity contribution in [3.63, 3.8) is 0 Å². The Morgan fingerprint density at radius 2 is 1.88 bits per heavy atom. The quantitative estimate of drug-likeness (QED) is 0.366. The van der Waals surface area contributed by atoms with Crippen LogP contribution in [0.2, 0.25) is 10.0 Å². The molecule has 2 saturated heterocycles. The summed E-state index contributed by atoms with van der Waals surface area (Å²) >= 11 is 13.1. The Morgan fingerprint density at radius 3 is 2.54 bits per heavy atom. The lowest BCUT2D eigenvalue weighted by molar-refractivity contribution is -0.186. The number of aliphatic hydroxyl groups excluding tert-OH is 2. The summed E-state index contributed by atoms with van der Waals surface area (Å²) in [6, 6.07) is 6.14. The van der Waals surface area contributed by atoms with Gasteiger partial charge in [0.05, 0.1) is 18.4 Å². The molecule has 0 spiro atoms. The number of carbonyl (C=O) groups is 1. The Kier molecular flexibility index (Phi) is 9.49. The highest BCUT2D eigenvalue weighted by Crippen LogP contribution is 2.41. The topological polar surface area (TPSA) is 110 Å². The maximum absolute atomic E-state index is 14.1. The van der Waals surface area contributed by atoms with Crippen molar-refractivity contribution in [1.29, 1.82) is 0 Å². The molecule has 3 aromatic rings. The molecule has 0 aliphatic carbocycles. The number of methoxy groups -OCH3 is 1. The summed E-state index contributed by atoms with van der Waals surface area (Å²) in [5, 5.41) is 29.1. The van der Waals surface area contributed by atoms with Crippen LogP contribution < -0.4 is 0 Å². The second-order valence-electron chi connectivity index (χ2n) is 9.86. The number of likely N-dealkylation sites (tertiary alicyclic amines) is 1. The number of aliphatic hydroxyl groups is 2. The van der Waals surface area contributed by atoms with Gasteiger partial charge in [-0.25, -0.2) is 13.5 Å². The first-order chi connectivity index (χ1) is 19.7. The molecule has 0 radical (unpaired) electrons. The van der Waals surface area contributed by atoms with E-state index in [1.54, 1.807) is 18.2 Å². The molecule has 14 heteroatoms. The second-order valence-corrected chi connectivity index (χ2v) is 11.8. The van der Waals surface area contributed by atoms with Gasteiger partial charge in [0, 0.05) is 35.7 Å². The first kappa shape index (κ1) is 30.1. The van der Waals surface area contributed by atoms with Crippen molar-refractivity contribution in [3.05, 3.63) is 63.8 Å². The average molecular weight is 630 g/mol. The molecule has 5 rings (SSSR count). The maximum Gasteiger partial charge on any atom is 0.254 e. The molecule has 1 amide bonds. The van der Waals surface area contributed by atoms with E-state index in [0.29, 0.717) is 28.6 Å². The van der Waals surface area contributed by atoms with E-state index in [0.717, 1.165) is 31.4 Å². The third kappa shape index (κ3) is 6.24. The van der Waals surface area contributed by atoms with Crippen LogP contribution in [0.5, 0.6) is 0 Å². The Morgan fingerprint density at radius 1 is 1.17 bits per heavy atom. The Balaban J connectivity index is 1.46. The van der Waals surface area contributed by atoms with E-state index in [2.05, 4.69) is 10.3 Å². The minimum absolute atomic E-state index is 0.0931. The van der Waals surface area contributed by atoms with Gasteiger partial charge < -0.3 is 24.6 Å². The molecule has 2 aliphatic rings. The largest absolute Gasteiger partial charge is 0.394 e. The minimum atomic E-state index is -1.29. The van der Waals surface area contributed by atoms with Crippen molar-refractivity contribution in [2.45, 2.75) is 53.9 Å². The summed E-state index contributed by atoms with van der Waals surface area (Å²) in [6.07, 6.45) is 1.18. The third-order valence-electron chi connectivity index (χ3n) is 7.25. The molecule has 3 heterocycles. The molecule has 220 valence electrons. The van der Waals surface area contributed by atoms with Crippen molar-refractivity contribution in [1.82, 2.24) is 19.9 Å². The molecule has 5 atom stereocenters. The number of rotatable bonds is 7. The normalized spacial score (nSPS) is 25.0. The van der Waals surface area contributed by atoms with Gasteiger partial charge in [-0.2, -0.15) is 0 Å². The van der Waals surface area contributed by atoms with Gasteiger partial charge in [-0.05, 0) is 49.6 Å². The molecular weight excluding hydrogens is 601 g/mol. The van der Waals surface area contributed by atoms with Crippen LogP contribution in [0.4, 0.5) is 8.78 Å². The van der Waals surface area contributed by atoms with E-state index < -0.39 is 53.1 Å². The van der Waals surface area contributed by atoms with Crippen LogP contribution in [-0.2, 0) is 9.47 Å². The molecule has 2 aromatic carbocycles. The molecular formula is C27H28Cl2F2N4O5S. The zero-order chi connectivity index (χ0) is 29.3. The van der Waals surface area contributed by atoms with Crippen molar-refractivity contribution in [2.75, 3.05) is 26.8 Å². The molecule has 9 nitrogen and oxygen atoms in total. The number of benzene rings is 2. The fraction of sp³-hybridized carbons (Fsp3) is 0.444. The zero-order valence-corrected chi connectivity index (χ0v) is 24.2. The van der Waals surface area contributed by atoms with Crippen LogP contribution in [0.3, 0.4) is 0 Å². The number of thioether (sulfide) groups is 1. The average Bonchev–Trinajstić information content (AvgIpc) is 3.46. The summed E-state index contributed by atoms with van der Waals surface area (Å²) in [5.74, 6) is -2.03. The van der Waals surface area contributed by atoms with Gasteiger partial charge >= 0.3 is 0 Å². The highest BCUT2D eigenvalue weighted by Gasteiger charge is 2.48. The van der Waals surface area contributed by atoms with Crippen molar-refractivity contribution in [2.24, 2.45) is 0 Å². The summed E-state index contributed by atoms with van der Waals surface area (Å²) in [5.41, 5.74) is -0.148. The van der Waals surface area contributed by atoms with Gasteiger partial charge in [0.25, 0.3) is 5.91 Å². The van der Waals surface area contributed by atoms with Gasteiger partial charge in [-0.3, -0.25) is 4.79 Å². The molecule has 0 bridgehead atoms. The number of carbonyl (C=O) groups excluding carboxylic acids is 1. The van der Waals surface area contributed by atoms with E-state index >= 15 is 0 Å². The first-order valence-electron chi connectivity index (χ1n) is 13.0. The standard InChI is InChI=1S/C27H28Cl2F2N4O5S/c1-39-25-23(35-12-19(32-33-35)14-9-17(30)22(29)18(31)10-14)24(37)20(13-36)40-27(25)41-21-11-15(28)5-6-16(21)26(38)34-7-3-2-4-8-34/h5-6,9-12,20,23-25,27,36-37H,2-4,7-8,13H2,1H3/t20-,23+,24+,25-,27-/m1/s1. The number of ether oxygens (including phenoxy) is 2. The summed E-state index contributed by atoms with van der Waals surface area (Å²) in [6.45, 7) is 0.821. The van der Waals surface area contributed by atoms with Crippen LogP contribution in [0.1, 0.15) is 35.7 Å². The van der Waals surface area contributed by atoms with Gasteiger partial charge in [-0.15, -0.1) is 5.10 Å². The maximum atomic E-state index is 14.1. The lowest BCUT2D eigenvalue weighted by atomic mass is 9.97. The molecule has 2 N–H and O–H groups in total. The zero-order valence-electron chi connectivity index (χ0n) is 21.9. The Hall–Kier alpha value is -2.32.